The van der Waals surface area contributed by atoms with Crippen molar-refractivity contribution >= 4 is 14.9 Å². The van der Waals surface area contributed by atoms with E-state index in [0.717, 1.165) is 32.3 Å². The predicted octanol–water partition coefficient (Wildman–Crippen LogP) is 3.44. The van der Waals surface area contributed by atoms with Crippen molar-refractivity contribution in [2.45, 2.75) is 52.5 Å². The van der Waals surface area contributed by atoms with E-state index < -0.39 is 0 Å². The van der Waals surface area contributed by atoms with E-state index in [1.807, 2.05) is 6.08 Å². The summed E-state index contributed by atoms with van der Waals surface area (Å²) in [6, 6.07) is -0.316. The SMILES string of the molecule is C=CCCCOC(=O)C(C)NPOCC(CC)CC. The lowest BCUT2D eigenvalue weighted by Crippen LogP contribution is -2.30. The van der Waals surface area contributed by atoms with Crippen LogP contribution in [0.2, 0.25) is 0 Å². The third-order valence-electron chi connectivity index (χ3n) is 2.97. The zero-order valence-electron chi connectivity index (χ0n) is 12.4. The van der Waals surface area contributed by atoms with Crippen LogP contribution in [-0.2, 0) is 14.1 Å². The molecule has 0 fully saturated rings. The average Bonchev–Trinajstić information content (AvgIpc) is 2.43. The molecule has 0 aromatic heterocycles. The topological polar surface area (TPSA) is 47.6 Å². The van der Waals surface area contributed by atoms with Gasteiger partial charge in [-0.2, -0.15) is 0 Å². The maximum atomic E-state index is 11.6. The molecule has 0 aromatic carbocycles. The minimum atomic E-state index is -0.316. The number of unbranched alkanes of at least 4 members (excludes halogenated alkanes) is 1. The molecular formula is C14H28NO3P. The molecule has 0 spiro atoms. The number of carbonyl (C=O) groups excluding carboxylic acids is 1. The first-order valence-electron chi connectivity index (χ1n) is 7.05. The Kier molecular flexibility index (Phi) is 12.3. The van der Waals surface area contributed by atoms with E-state index in [4.69, 9.17) is 9.26 Å². The summed E-state index contributed by atoms with van der Waals surface area (Å²) < 4.78 is 10.7. The molecule has 0 radical (unpaired) electrons. The number of hydrogen-bond acceptors (Lipinski definition) is 4. The summed E-state index contributed by atoms with van der Waals surface area (Å²) >= 11 is 0. The second-order valence-corrected chi connectivity index (χ2v) is 5.34. The summed E-state index contributed by atoms with van der Waals surface area (Å²) in [6.45, 7) is 10.9. The third kappa shape index (κ3) is 10.1. The number of nitrogens with one attached hydrogen (secondary N) is 1. The fourth-order valence-electron chi connectivity index (χ4n) is 1.40. The van der Waals surface area contributed by atoms with E-state index >= 15 is 0 Å². The highest BCUT2D eigenvalue weighted by Crippen LogP contribution is 2.15. The maximum absolute atomic E-state index is 11.6. The lowest BCUT2D eigenvalue weighted by molar-refractivity contribution is -0.145. The smallest absolute Gasteiger partial charge is 0.323 e. The first-order chi connectivity index (χ1) is 9.15. The fourth-order valence-corrected chi connectivity index (χ4v) is 2.10. The van der Waals surface area contributed by atoms with Crippen molar-refractivity contribution in [1.82, 2.24) is 5.09 Å². The molecule has 2 unspecified atom stereocenters. The quantitative estimate of drug-likeness (QED) is 0.259. The van der Waals surface area contributed by atoms with Crippen LogP contribution in [0.3, 0.4) is 0 Å². The van der Waals surface area contributed by atoms with Gasteiger partial charge in [0.25, 0.3) is 0 Å². The van der Waals surface area contributed by atoms with Gasteiger partial charge < -0.3 is 9.26 Å². The van der Waals surface area contributed by atoms with E-state index in [1.165, 1.54) is 0 Å². The van der Waals surface area contributed by atoms with Gasteiger partial charge >= 0.3 is 5.97 Å². The van der Waals surface area contributed by atoms with Crippen molar-refractivity contribution in [3.63, 3.8) is 0 Å². The lowest BCUT2D eigenvalue weighted by atomic mass is 10.1. The van der Waals surface area contributed by atoms with Crippen LogP contribution in [0.1, 0.15) is 46.5 Å². The van der Waals surface area contributed by atoms with Crippen LogP contribution in [0, 0.1) is 5.92 Å². The monoisotopic (exact) mass is 289 g/mol. The molecule has 0 bridgehead atoms. The molecule has 112 valence electrons. The van der Waals surface area contributed by atoms with Gasteiger partial charge in [0.2, 0.25) is 0 Å². The van der Waals surface area contributed by atoms with E-state index in [0.29, 0.717) is 12.5 Å². The van der Waals surface area contributed by atoms with Gasteiger partial charge in [-0.3, -0.25) is 9.88 Å². The Hall–Kier alpha value is -0.440. The van der Waals surface area contributed by atoms with Crippen LogP contribution in [0.25, 0.3) is 0 Å². The van der Waals surface area contributed by atoms with Gasteiger partial charge in [-0.25, -0.2) is 0 Å². The van der Waals surface area contributed by atoms with Crippen molar-refractivity contribution in [3.8, 4) is 0 Å². The molecule has 0 aromatic rings. The molecule has 0 aliphatic carbocycles. The summed E-state index contributed by atoms with van der Waals surface area (Å²) in [6.07, 6.45) is 5.77. The van der Waals surface area contributed by atoms with Crippen molar-refractivity contribution in [2.24, 2.45) is 5.92 Å². The molecule has 5 heteroatoms. The van der Waals surface area contributed by atoms with E-state index in [9.17, 15) is 4.79 Å². The van der Waals surface area contributed by atoms with Crippen LogP contribution < -0.4 is 5.09 Å². The van der Waals surface area contributed by atoms with Gasteiger partial charge in [-0.15, -0.1) is 6.58 Å². The van der Waals surface area contributed by atoms with Gasteiger partial charge in [0.05, 0.1) is 22.2 Å². The zero-order chi connectivity index (χ0) is 14.5. The highest BCUT2D eigenvalue weighted by Gasteiger charge is 2.13. The molecule has 0 aliphatic heterocycles. The Labute approximate surface area is 119 Å². The predicted molar refractivity (Wildman–Crippen MR) is 81.3 cm³/mol. The highest BCUT2D eigenvalue weighted by atomic mass is 31.1. The van der Waals surface area contributed by atoms with Gasteiger partial charge in [0.15, 0.2) is 0 Å². The van der Waals surface area contributed by atoms with Crippen LogP contribution in [0.4, 0.5) is 0 Å². The van der Waals surface area contributed by atoms with E-state index in [1.54, 1.807) is 6.92 Å². The fraction of sp³-hybridized carbons (Fsp3) is 0.786. The summed E-state index contributed by atoms with van der Waals surface area (Å²) in [5.74, 6) is 0.387. The molecule has 4 nitrogen and oxygen atoms in total. The standard InChI is InChI=1S/C14H28NO3P/c1-5-8-9-10-17-14(16)12(4)15-19-18-11-13(6-2)7-3/h5,12-13,15,19H,1,6-11H2,2-4H3. The minimum absolute atomic E-state index is 0.143. The van der Waals surface area contributed by atoms with Crippen molar-refractivity contribution in [2.75, 3.05) is 13.2 Å². The molecule has 0 saturated heterocycles. The van der Waals surface area contributed by atoms with Crippen molar-refractivity contribution in [1.29, 1.82) is 0 Å². The number of ether oxygens (including phenoxy) is 1. The first kappa shape index (κ1) is 18.6. The summed E-state index contributed by atoms with van der Waals surface area (Å²) in [5, 5.41) is 3.04. The Morgan fingerprint density at radius 1 is 1.42 bits per heavy atom. The molecular weight excluding hydrogens is 261 g/mol. The van der Waals surface area contributed by atoms with Crippen molar-refractivity contribution < 1.29 is 14.1 Å². The number of allylic oxidation sites excluding steroid dienone is 1. The second kappa shape index (κ2) is 12.6. The molecule has 1 N–H and O–H groups in total. The van der Waals surface area contributed by atoms with Gasteiger partial charge in [-0.05, 0) is 25.7 Å². The Morgan fingerprint density at radius 3 is 2.68 bits per heavy atom. The van der Waals surface area contributed by atoms with E-state index in [-0.39, 0.29) is 21.0 Å². The second-order valence-electron chi connectivity index (χ2n) is 4.56. The van der Waals surface area contributed by atoms with Crippen LogP contribution >= 0.6 is 8.96 Å². The molecule has 0 amide bonds. The average molecular weight is 289 g/mol. The van der Waals surface area contributed by atoms with Crippen molar-refractivity contribution in [3.05, 3.63) is 12.7 Å². The van der Waals surface area contributed by atoms with Crippen LogP contribution in [0.15, 0.2) is 12.7 Å². The summed E-state index contributed by atoms with van der Waals surface area (Å²) in [5.41, 5.74) is 0. The summed E-state index contributed by atoms with van der Waals surface area (Å²) in [7, 11) is 0.143. The minimum Gasteiger partial charge on any atom is -0.465 e. The van der Waals surface area contributed by atoms with Gasteiger partial charge in [-0.1, -0.05) is 32.8 Å². The Balaban J connectivity index is 3.58. The largest absolute Gasteiger partial charge is 0.465 e. The number of hydrogen-bond donors (Lipinski definition) is 1. The maximum Gasteiger partial charge on any atom is 0.323 e. The first-order valence-corrected chi connectivity index (χ1v) is 7.96. The molecule has 2 atom stereocenters. The number of carbonyl (C=O) groups is 1. The zero-order valence-corrected chi connectivity index (χ0v) is 13.4. The van der Waals surface area contributed by atoms with Gasteiger partial charge in [0.1, 0.15) is 6.04 Å². The number of rotatable bonds is 12. The molecule has 19 heavy (non-hydrogen) atoms. The summed E-state index contributed by atoms with van der Waals surface area (Å²) in [4.78, 5) is 11.6. The molecule has 0 saturated carbocycles. The Bertz CT molecular complexity index is 245. The molecule has 0 aliphatic rings. The third-order valence-corrected chi connectivity index (χ3v) is 3.83. The Morgan fingerprint density at radius 2 is 2.11 bits per heavy atom. The number of esters is 1. The molecule has 0 heterocycles. The van der Waals surface area contributed by atoms with Crippen LogP contribution in [-0.4, -0.2) is 25.2 Å². The lowest BCUT2D eigenvalue weighted by Gasteiger charge is -2.15. The highest BCUT2D eigenvalue weighted by molar-refractivity contribution is 7.29. The molecule has 0 rings (SSSR count). The van der Waals surface area contributed by atoms with Crippen LogP contribution in [0.5, 0.6) is 0 Å². The van der Waals surface area contributed by atoms with E-state index in [2.05, 4.69) is 25.5 Å². The van der Waals surface area contributed by atoms with Gasteiger partial charge in [0, 0.05) is 0 Å². The normalized spacial score (nSPS) is 13.1.